The first-order valence-corrected chi connectivity index (χ1v) is 5.75. The smallest absolute Gasteiger partial charge is 0.400 e. The second-order valence-corrected chi connectivity index (χ2v) is 4.57. The van der Waals surface area contributed by atoms with E-state index in [2.05, 4.69) is 5.16 Å². The third kappa shape index (κ3) is 4.02. The summed E-state index contributed by atoms with van der Waals surface area (Å²) in [6.07, 6.45) is -2.98. The number of nitrogens with zero attached hydrogens (tertiary/aromatic N) is 2. The van der Waals surface area contributed by atoms with Crippen molar-refractivity contribution in [3.63, 3.8) is 0 Å². The van der Waals surface area contributed by atoms with E-state index in [0.717, 1.165) is 12.8 Å². The number of amidine groups is 1. The van der Waals surface area contributed by atoms with Crippen LogP contribution in [0.4, 0.5) is 13.2 Å². The van der Waals surface area contributed by atoms with Gasteiger partial charge in [0.15, 0.2) is 5.84 Å². The Balaban J connectivity index is 2.66. The van der Waals surface area contributed by atoms with Crippen LogP contribution in [0.3, 0.4) is 0 Å². The van der Waals surface area contributed by atoms with Crippen LogP contribution in [0.15, 0.2) is 5.16 Å². The fourth-order valence-corrected chi connectivity index (χ4v) is 2.16. The van der Waals surface area contributed by atoms with Gasteiger partial charge in [-0.2, -0.15) is 13.2 Å². The number of rotatable bonds is 4. The number of hydrogen-bond acceptors (Lipinski definition) is 4. The number of oxime groups is 1. The first kappa shape index (κ1) is 15.0. The van der Waals surface area contributed by atoms with E-state index < -0.39 is 17.9 Å². The zero-order chi connectivity index (χ0) is 13.8. The van der Waals surface area contributed by atoms with E-state index in [9.17, 15) is 13.2 Å². The van der Waals surface area contributed by atoms with Gasteiger partial charge in [-0.25, -0.2) is 0 Å². The molecule has 1 aliphatic rings. The first-order chi connectivity index (χ1) is 8.38. The maximum atomic E-state index is 12.7. The topological polar surface area (TPSA) is 82.1 Å². The van der Waals surface area contributed by atoms with Gasteiger partial charge in [0.05, 0.1) is 0 Å². The molecule has 1 saturated heterocycles. The summed E-state index contributed by atoms with van der Waals surface area (Å²) >= 11 is 0. The Labute approximate surface area is 103 Å². The number of hydrogen-bond donors (Lipinski definition) is 3. The summed E-state index contributed by atoms with van der Waals surface area (Å²) in [6, 6.07) is 0. The van der Waals surface area contributed by atoms with Gasteiger partial charge in [-0.05, 0) is 25.3 Å². The molecule has 0 saturated carbocycles. The molecule has 0 bridgehead atoms. The molecule has 8 heteroatoms. The zero-order valence-corrected chi connectivity index (χ0v) is 9.90. The molecule has 18 heavy (non-hydrogen) atoms. The highest BCUT2D eigenvalue weighted by molar-refractivity contribution is 5.83. The van der Waals surface area contributed by atoms with Crippen molar-refractivity contribution in [1.29, 1.82) is 0 Å². The molecule has 0 spiro atoms. The Morgan fingerprint density at radius 3 is 2.67 bits per heavy atom. The van der Waals surface area contributed by atoms with Gasteiger partial charge in [0, 0.05) is 19.7 Å². The average Bonchev–Trinajstić information content (AvgIpc) is 2.34. The second-order valence-electron chi connectivity index (χ2n) is 4.57. The molecule has 0 aromatic rings. The van der Waals surface area contributed by atoms with E-state index in [4.69, 9.17) is 16.0 Å². The van der Waals surface area contributed by atoms with E-state index in [0.29, 0.717) is 13.1 Å². The standard InChI is InChI=1S/C10H18F3N3O2/c11-10(12,13)8(9(14)15-18)5-16-3-1-2-7(4-16)6-17/h7-8,17-18H,1-6H2,(H2,14,15). The van der Waals surface area contributed by atoms with Crippen molar-refractivity contribution in [3.8, 4) is 0 Å². The van der Waals surface area contributed by atoms with Crippen LogP contribution >= 0.6 is 0 Å². The van der Waals surface area contributed by atoms with E-state index in [1.165, 1.54) is 0 Å². The van der Waals surface area contributed by atoms with Crippen LogP contribution in [0.2, 0.25) is 0 Å². The molecule has 1 heterocycles. The van der Waals surface area contributed by atoms with Gasteiger partial charge >= 0.3 is 6.18 Å². The normalized spacial score (nSPS) is 25.1. The molecule has 1 fully saturated rings. The fourth-order valence-electron chi connectivity index (χ4n) is 2.16. The molecule has 2 unspecified atom stereocenters. The molecule has 1 aliphatic heterocycles. The molecule has 0 aliphatic carbocycles. The third-order valence-corrected chi connectivity index (χ3v) is 3.17. The Morgan fingerprint density at radius 1 is 1.50 bits per heavy atom. The number of halogens is 3. The molecular formula is C10H18F3N3O2. The Bertz CT molecular complexity index is 297. The minimum Gasteiger partial charge on any atom is -0.409 e. The van der Waals surface area contributed by atoms with Gasteiger partial charge in [0.25, 0.3) is 0 Å². The fraction of sp³-hybridized carbons (Fsp3) is 0.900. The third-order valence-electron chi connectivity index (χ3n) is 3.17. The molecule has 0 aromatic heterocycles. The molecule has 106 valence electrons. The summed E-state index contributed by atoms with van der Waals surface area (Å²) < 4.78 is 38.2. The Morgan fingerprint density at radius 2 is 2.17 bits per heavy atom. The maximum Gasteiger partial charge on any atom is 0.400 e. The van der Waals surface area contributed by atoms with Gasteiger partial charge in [0.2, 0.25) is 0 Å². The van der Waals surface area contributed by atoms with Crippen molar-refractivity contribution in [2.45, 2.75) is 19.0 Å². The largest absolute Gasteiger partial charge is 0.409 e. The average molecular weight is 269 g/mol. The predicted octanol–water partition coefficient (Wildman–Crippen LogP) is 0.616. The van der Waals surface area contributed by atoms with Crippen molar-refractivity contribution in [3.05, 3.63) is 0 Å². The molecule has 4 N–H and O–H groups in total. The minimum absolute atomic E-state index is 0.0000709. The second kappa shape index (κ2) is 6.24. The van der Waals surface area contributed by atoms with Gasteiger partial charge < -0.3 is 20.9 Å². The molecule has 5 nitrogen and oxygen atoms in total. The lowest BCUT2D eigenvalue weighted by atomic mass is 9.97. The first-order valence-electron chi connectivity index (χ1n) is 5.75. The van der Waals surface area contributed by atoms with Crippen LogP contribution in [-0.2, 0) is 0 Å². The van der Waals surface area contributed by atoms with Crippen molar-refractivity contribution in [1.82, 2.24) is 4.90 Å². The van der Waals surface area contributed by atoms with Gasteiger partial charge in [-0.15, -0.1) is 0 Å². The zero-order valence-electron chi connectivity index (χ0n) is 9.90. The van der Waals surface area contributed by atoms with E-state index in [1.807, 2.05) is 0 Å². The lowest BCUT2D eigenvalue weighted by Crippen LogP contribution is -2.47. The minimum atomic E-state index is -4.54. The van der Waals surface area contributed by atoms with Gasteiger partial charge in [0.1, 0.15) is 5.92 Å². The Kier molecular flexibility index (Phi) is 5.21. The highest BCUT2D eigenvalue weighted by Crippen LogP contribution is 2.28. The molecule has 0 aromatic carbocycles. The number of alkyl halides is 3. The van der Waals surface area contributed by atoms with Crippen molar-refractivity contribution in [2.75, 3.05) is 26.2 Å². The summed E-state index contributed by atoms with van der Waals surface area (Å²) in [7, 11) is 0. The number of piperidine rings is 1. The summed E-state index contributed by atoms with van der Waals surface area (Å²) in [5.41, 5.74) is 5.09. The van der Waals surface area contributed by atoms with Crippen LogP contribution in [0.25, 0.3) is 0 Å². The Hall–Kier alpha value is -1.02. The highest BCUT2D eigenvalue weighted by atomic mass is 19.4. The van der Waals surface area contributed by atoms with Gasteiger partial charge in [-0.1, -0.05) is 5.16 Å². The lowest BCUT2D eigenvalue weighted by molar-refractivity contribution is -0.161. The molecule has 0 amide bonds. The number of likely N-dealkylation sites (tertiary alicyclic amines) is 1. The van der Waals surface area contributed by atoms with Crippen LogP contribution in [0.1, 0.15) is 12.8 Å². The van der Waals surface area contributed by atoms with Crippen LogP contribution in [0, 0.1) is 11.8 Å². The van der Waals surface area contributed by atoms with E-state index >= 15 is 0 Å². The monoisotopic (exact) mass is 269 g/mol. The summed E-state index contributed by atoms with van der Waals surface area (Å²) in [6.45, 7) is 0.566. The van der Waals surface area contributed by atoms with E-state index in [-0.39, 0.29) is 19.1 Å². The van der Waals surface area contributed by atoms with Crippen LogP contribution in [-0.4, -0.2) is 53.5 Å². The van der Waals surface area contributed by atoms with Gasteiger partial charge in [-0.3, -0.25) is 0 Å². The van der Waals surface area contributed by atoms with Crippen LogP contribution in [0.5, 0.6) is 0 Å². The maximum absolute atomic E-state index is 12.7. The summed E-state index contributed by atoms with van der Waals surface area (Å²) in [5.74, 6) is -2.80. The van der Waals surface area contributed by atoms with Crippen molar-refractivity contribution in [2.24, 2.45) is 22.7 Å². The summed E-state index contributed by atoms with van der Waals surface area (Å²) in [5, 5.41) is 19.9. The molecular weight excluding hydrogens is 251 g/mol. The quantitative estimate of drug-likeness (QED) is 0.302. The lowest BCUT2D eigenvalue weighted by Gasteiger charge is -2.34. The SMILES string of the molecule is NC(=NO)C(CN1CCCC(CO)C1)C(F)(F)F. The van der Waals surface area contributed by atoms with Crippen LogP contribution < -0.4 is 5.73 Å². The predicted molar refractivity (Wildman–Crippen MR) is 59.2 cm³/mol. The number of aliphatic hydroxyl groups excluding tert-OH is 1. The highest BCUT2D eigenvalue weighted by Gasteiger charge is 2.44. The van der Waals surface area contributed by atoms with E-state index in [1.54, 1.807) is 4.90 Å². The number of aliphatic hydroxyl groups is 1. The number of nitrogens with two attached hydrogens (primary N) is 1. The molecule has 2 atom stereocenters. The summed E-state index contributed by atoms with van der Waals surface area (Å²) in [4.78, 5) is 1.60. The van der Waals surface area contributed by atoms with Crippen molar-refractivity contribution >= 4 is 5.84 Å². The molecule has 0 radical (unpaired) electrons. The van der Waals surface area contributed by atoms with Crippen molar-refractivity contribution < 1.29 is 23.5 Å². The molecule has 1 rings (SSSR count).